The van der Waals surface area contributed by atoms with Gasteiger partial charge in [0.25, 0.3) is 5.91 Å². The minimum atomic E-state index is -0.0826. The lowest BCUT2D eigenvalue weighted by Gasteiger charge is -1.99. The van der Waals surface area contributed by atoms with Crippen molar-refractivity contribution in [1.82, 2.24) is 9.78 Å². The maximum atomic E-state index is 12.5. The Labute approximate surface area is 160 Å². The molecule has 5 rings (SSSR count). The molecule has 5 heteroatoms. The van der Waals surface area contributed by atoms with Crippen LogP contribution in [0.1, 0.15) is 11.1 Å². The van der Waals surface area contributed by atoms with Crippen LogP contribution < -0.4 is 5.32 Å². The van der Waals surface area contributed by atoms with Crippen molar-refractivity contribution < 1.29 is 4.79 Å². The molecule has 4 aromatic rings. The molecule has 0 atom stereocenters. The van der Waals surface area contributed by atoms with Crippen LogP contribution in [0.15, 0.2) is 78.3 Å². The number of benzene rings is 2. The van der Waals surface area contributed by atoms with Crippen LogP contribution in [-0.2, 0) is 4.79 Å². The number of fused-ring (bicyclic) bond motifs is 1. The lowest BCUT2D eigenvalue weighted by Crippen LogP contribution is -2.03. The van der Waals surface area contributed by atoms with Crippen molar-refractivity contribution in [2.45, 2.75) is 0 Å². The number of hydrogen-bond acceptors (Lipinski definition) is 3. The number of rotatable bonds is 3. The van der Waals surface area contributed by atoms with Crippen LogP contribution in [0.5, 0.6) is 0 Å². The number of carbonyl (C=O) groups is 1. The van der Waals surface area contributed by atoms with Gasteiger partial charge < -0.3 is 5.32 Å². The fraction of sp³-hybridized carbons (Fsp3) is 0. The topological polar surface area (TPSA) is 46.9 Å². The molecule has 0 saturated heterocycles. The molecule has 27 heavy (non-hydrogen) atoms. The number of hydrogen-bond donors (Lipinski definition) is 1. The van der Waals surface area contributed by atoms with E-state index in [0.29, 0.717) is 5.57 Å². The standard InChI is InChI=1S/C22H15N3OS/c26-22-18(17-9-4-5-10-19(17)23-22)13-15-14-25(16-7-2-1-3-8-16)24-21(15)20-11-6-12-27-20/h1-14H,(H,23,26)/b18-13+. The van der Waals surface area contributed by atoms with E-state index in [1.807, 2.05) is 89.1 Å². The highest BCUT2D eigenvalue weighted by Gasteiger charge is 2.24. The molecule has 3 heterocycles. The summed E-state index contributed by atoms with van der Waals surface area (Å²) in [6.07, 6.45) is 3.91. The molecule has 0 unspecified atom stereocenters. The van der Waals surface area contributed by atoms with E-state index in [1.165, 1.54) is 0 Å². The molecule has 4 nitrogen and oxygen atoms in total. The van der Waals surface area contributed by atoms with E-state index in [4.69, 9.17) is 5.10 Å². The van der Waals surface area contributed by atoms with Gasteiger partial charge in [-0.25, -0.2) is 4.68 Å². The van der Waals surface area contributed by atoms with Gasteiger partial charge in [0.2, 0.25) is 0 Å². The number of aromatic nitrogens is 2. The van der Waals surface area contributed by atoms with Gasteiger partial charge in [-0.15, -0.1) is 11.3 Å². The van der Waals surface area contributed by atoms with Crippen LogP contribution in [0.3, 0.4) is 0 Å². The van der Waals surface area contributed by atoms with Crippen molar-refractivity contribution in [2.24, 2.45) is 0 Å². The van der Waals surface area contributed by atoms with E-state index >= 15 is 0 Å². The van der Waals surface area contributed by atoms with Gasteiger partial charge in [0.1, 0.15) is 5.69 Å². The Morgan fingerprint density at radius 3 is 2.59 bits per heavy atom. The lowest BCUT2D eigenvalue weighted by atomic mass is 10.0. The zero-order valence-electron chi connectivity index (χ0n) is 14.3. The molecule has 1 aliphatic heterocycles. The number of nitrogens with zero attached hydrogens (tertiary/aromatic N) is 2. The molecule has 1 N–H and O–H groups in total. The van der Waals surface area contributed by atoms with E-state index < -0.39 is 0 Å². The highest BCUT2D eigenvalue weighted by molar-refractivity contribution is 7.13. The molecule has 2 aromatic heterocycles. The molecule has 1 aliphatic rings. The largest absolute Gasteiger partial charge is 0.321 e. The van der Waals surface area contributed by atoms with Crippen molar-refractivity contribution in [3.8, 4) is 16.3 Å². The fourth-order valence-electron chi connectivity index (χ4n) is 3.25. The minimum Gasteiger partial charge on any atom is -0.321 e. The van der Waals surface area contributed by atoms with Gasteiger partial charge in [0.05, 0.1) is 10.6 Å². The third-order valence-electron chi connectivity index (χ3n) is 4.53. The van der Waals surface area contributed by atoms with Crippen molar-refractivity contribution in [3.05, 3.63) is 89.4 Å². The zero-order chi connectivity index (χ0) is 18.2. The highest BCUT2D eigenvalue weighted by atomic mass is 32.1. The maximum Gasteiger partial charge on any atom is 0.256 e. The van der Waals surface area contributed by atoms with Crippen LogP contribution in [0.4, 0.5) is 5.69 Å². The second kappa shape index (κ2) is 6.37. The average molecular weight is 369 g/mol. The van der Waals surface area contributed by atoms with Crippen molar-refractivity contribution >= 4 is 34.6 Å². The first-order chi connectivity index (χ1) is 13.3. The molecule has 0 saturated carbocycles. The maximum absolute atomic E-state index is 12.5. The summed E-state index contributed by atoms with van der Waals surface area (Å²) in [4.78, 5) is 13.6. The van der Waals surface area contributed by atoms with Gasteiger partial charge in [-0.05, 0) is 35.7 Å². The molecule has 2 aromatic carbocycles. The van der Waals surface area contributed by atoms with Crippen LogP contribution in [0, 0.1) is 0 Å². The zero-order valence-corrected chi connectivity index (χ0v) is 15.1. The van der Waals surface area contributed by atoms with E-state index in [2.05, 4.69) is 5.32 Å². The van der Waals surface area contributed by atoms with Gasteiger partial charge >= 0.3 is 0 Å². The van der Waals surface area contributed by atoms with Crippen LogP contribution in [0.25, 0.3) is 27.9 Å². The van der Waals surface area contributed by atoms with E-state index in [-0.39, 0.29) is 5.91 Å². The quantitative estimate of drug-likeness (QED) is 0.511. The molecule has 0 fully saturated rings. The summed E-state index contributed by atoms with van der Waals surface area (Å²) in [6, 6.07) is 21.8. The monoisotopic (exact) mass is 369 g/mol. The van der Waals surface area contributed by atoms with Gasteiger partial charge in [-0.3, -0.25) is 4.79 Å². The van der Waals surface area contributed by atoms with Crippen LogP contribution >= 0.6 is 11.3 Å². The Hall–Kier alpha value is -3.44. The molecule has 0 aliphatic carbocycles. The second-order valence-electron chi connectivity index (χ2n) is 6.25. The predicted molar refractivity (Wildman–Crippen MR) is 110 cm³/mol. The SMILES string of the molecule is O=C1Nc2ccccc2/C1=C\c1cn(-c2ccccc2)nc1-c1cccs1. The lowest BCUT2D eigenvalue weighted by molar-refractivity contribution is -0.110. The van der Waals surface area contributed by atoms with E-state index in [0.717, 1.165) is 33.1 Å². The summed E-state index contributed by atoms with van der Waals surface area (Å²) in [7, 11) is 0. The van der Waals surface area contributed by atoms with Gasteiger partial charge in [0.15, 0.2) is 0 Å². The molecule has 1 amide bonds. The summed E-state index contributed by atoms with van der Waals surface area (Å²) < 4.78 is 1.86. The fourth-order valence-corrected chi connectivity index (χ4v) is 3.98. The van der Waals surface area contributed by atoms with Crippen LogP contribution in [-0.4, -0.2) is 15.7 Å². The molecular weight excluding hydrogens is 354 g/mol. The number of thiophene rings is 1. The number of carbonyl (C=O) groups excluding carboxylic acids is 1. The smallest absolute Gasteiger partial charge is 0.256 e. The number of amides is 1. The predicted octanol–water partition coefficient (Wildman–Crippen LogP) is 5.09. The highest BCUT2D eigenvalue weighted by Crippen LogP contribution is 2.35. The molecular formula is C22H15N3OS. The van der Waals surface area contributed by atoms with Crippen molar-refractivity contribution in [1.29, 1.82) is 0 Å². The summed E-state index contributed by atoms with van der Waals surface area (Å²) >= 11 is 1.64. The Morgan fingerprint density at radius 1 is 0.963 bits per heavy atom. The Bertz CT molecular complexity index is 1160. The normalized spacial score (nSPS) is 14.4. The Morgan fingerprint density at radius 2 is 1.78 bits per heavy atom. The first-order valence-corrected chi connectivity index (χ1v) is 9.49. The number of para-hydroxylation sites is 2. The first kappa shape index (κ1) is 15.8. The van der Waals surface area contributed by atoms with Gasteiger partial charge in [-0.2, -0.15) is 5.10 Å². The van der Waals surface area contributed by atoms with Gasteiger partial charge in [0, 0.05) is 28.6 Å². The van der Waals surface area contributed by atoms with Crippen molar-refractivity contribution in [2.75, 3.05) is 5.32 Å². The average Bonchev–Trinajstić information content (AvgIpc) is 3.42. The molecule has 0 radical (unpaired) electrons. The van der Waals surface area contributed by atoms with E-state index in [1.54, 1.807) is 11.3 Å². The summed E-state index contributed by atoms with van der Waals surface area (Å²) in [6.45, 7) is 0. The van der Waals surface area contributed by atoms with Gasteiger partial charge in [-0.1, -0.05) is 42.5 Å². The minimum absolute atomic E-state index is 0.0826. The van der Waals surface area contributed by atoms with Crippen LogP contribution in [0.2, 0.25) is 0 Å². The molecule has 0 spiro atoms. The summed E-state index contributed by atoms with van der Waals surface area (Å²) in [5.41, 5.74) is 5.21. The molecule has 0 bridgehead atoms. The molecule has 130 valence electrons. The third-order valence-corrected chi connectivity index (χ3v) is 5.40. The Balaban J connectivity index is 1.68. The number of nitrogens with one attached hydrogen (secondary N) is 1. The summed E-state index contributed by atoms with van der Waals surface area (Å²) in [5, 5.41) is 9.76. The van der Waals surface area contributed by atoms with Crippen molar-refractivity contribution in [3.63, 3.8) is 0 Å². The van der Waals surface area contributed by atoms with E-state index in [9.17, 15) is 4.79 Å². The third kappa shape index (κ3) is 2.78. The first-order valence-electron chi connectivity index (χ1n) is 8.61. The number of anilines is 1. The second-order valence-corrected chi connectivity index (χ2v) is 7.20. The Kier molecular flexibility index (Phi) is 3.73. The summed E-state index contributed by atoms with van der Waals surface area (Å²) in [5.74, 6) is -0.0826.